The number of ether oxygens (including phenoxy) is 3. The molecule has 0 amide bonds. The summed E-state index contributed by atoms with van der Waals surface area (Å²) in [5.74, 6) is -0.440. The summed E-state index contributed by atoms with van der Waals surface area (Å²) in [7, 11) is 0. The van der Waals surface area contributed by atoms with Crippen LogP contribution in [0.25, 0.3) is 0 Å². The average Bonchev–Trinajstić information content (AvgIpc) is 3.17. The van der Waals surface area contributed by atoms with Crippen molar-refractivity contribution in [2.75, 3.05) is 13.4 Å². The van der Waals surface area contributed by atoms with Gasteiger partial charge in [0.2, 0.25) is 6.79 Å². The number of Topliss-reactive ketones (excluding diaryl/α,β-unsaturated/α-hetero) is 1. The first kappa shape index (κ1) is 20.9. The highest BCUT2D eigenvalue weighted by molar-refractivity contribution is 6.32. The molecular formula is C23H26ClNO5. The van der Waals surface area contributed by atoms with E-state index in [2.05, 4.69) is 11.9 Å². The highest BCUT2D eigenvalue weighted by Gasteiger charge is 2.44. The summed E-state index contributed by atoms with van der Waals surface area (Å²) in [5.41, 5.74) is 2.68. The molecule has 0 fully saturated rings. The number of aliphatic imine (C=N–C) groups is 1. The molecule has 3 aliphatic rings. The molecule has 4 rings (SSSR count). The van der Waals surface area contributed by atoms with Gasteiger partial charge in [-0.05, 0) is 37.8 Å². The van der Waals surface area contributed by atoms with Gasteiger partial charge in [-0.2, -0.15) is 0 Å². The maximum absolute atomic E-state index is 13.1. The highest BCUT2D eigenvalue weighted by atomic mass is 35.5. The first-order valence-electron chi connectivity index (χ1n) is 10.6. The molecule has 0 N–H and O–H groups in total. The molecule has 6 nitrogen and oxygen atoms in total. The number of unbranched alkanes of at least 4 members (excludes halogenated alkanes) is 2. The number of carbonyl (C=O) groups is 2. The molecule has 2 atom stereocenters. The van der Waals surface area contributed by atoms with Gasteiger partial charge in [-0.15, -0.1) is 0 Å². The van der Waals surface area contributed by atoms with Crippen LogP contribution in [0.3, 0.4) is 0 Å². The minimum absolute atomic E-state index is 0.0232. The van der Waals surface area contributed by atoms with Gasteiger partial charge in [0.15, 0.2) is 17.3 Å². The van der Waals surface area contributed by atoms with Gasteiger partial charge in [0, 0.05) is 40.4 Å². The number of hydrogen-bond acceptors (Lipinski definition) is 6. The Hall–Kier alpha value is -2.34. The molecule has 160 valence electrons. The van der Waals surface area contributed by atoms with Crippen molar-refractivity contribution in [3.8, 4) is 11.5 Å². The Labute approximate surface area is 181 Å². The molecular weight excluding hydrogens is 406 g/mol. The van der Waals surface area contributed by atoms with E-state index in [1.165, 1.54) is 0 Å². The van der Waals surface area contributed by atoms with Crippen molar-refractivity contribution in [2.45, 2.75) is 58.3 Å². The molecule has 1 aliphatic carbocycles. The minimum atomic E-state index is -0.690. The molecule has 0 aromatic heterocycles. The summed E-state index contributed by atoms with van der Waals surface area (Å²) in [5, 5.41) is 0.438. The number of halogens is 1. The van der Waals surface area contributed by atoms with Gasteiger partial charge in [-0.25, -0.2) is 0 Å². The van der Waals surface area contributed by atoms with Crippen molar-refractivity contribution in [2.24, 2.45) is 10.9 Å². The van der Waals surface area contributed by atoms with E-state index in [1.807, 2.05) is 6.92 Å². The Kier molecular flexibility index (Phi) is 6.14. The van der Waals surface area contributed by atoms with Gasteiger partial charge in [0.1, 0.15) is 5.92 Å². The number of ketones is 1. The largest absolute Gasteiger partial charge is 0.465 e. The third-order valence-corrected chi connectivity index (χ3v) is 6.23. The van der Waals surface area contributed by atoms with Crippen LogP contribution in [0.1, 0.15) is 63.9 Å². The van der Waals surface area contributed by atoms with Crippen molar-refractivity contribution in [3.63, 3.8) is 0 Å². The Morgan fingerprint density at radius 2 is 2.00 bits per heavy atom. The summed E-state index contributed by atoms with van der Waals surface area (Å²) < 4.78 is 16.6. The second-order valence-corrected chi connectivity index (χ2v) is 8.35. The van der Waals surface area contributed by atoms with Crippen LogP contribution in [-0.4, -0.2) is 30.9 Å². The Balaban J connectivity index is 1.75. The second kappa shape index (κ2) is 8.80. The summed E-state index contributed by atoms with van der Waals surface area (Å²) in [6.45, 7) is 4.41. The molecule has 1 unspecified atom stereocenters. The van der Waals surface area contributed by atoms with E-state index in [0.717, 1.165) is 37.8 Å². The van der Waals surface area contributed by atoms with Crippen LogP contribution in [0.5, 0.6) is 11.5 Å². The molecule has 1 aromatic rings. The molecule has 0 spiro atoms. The van der Waals surface area contributed by atoms with Gasteiger partial charge in [-0.1, -0.05) is 31.4 Å². The van der Waals surface area contributed by atoms with Crippen LogP contribution in [0.4, 0.5) is 0 Å². The average molecular weight is 432 g/mol. The maximum atomic E-state index is 13.1. The predicted molar refractivity (Wildman–Crippen MR) is 113 cm³/mol. The third kappa shape index (κ3) is 3.85. The number of allylic oxidation sites excluding steroid dienone is 2. The number of carbonyl (C=O) groups excluding carboxylic acids is 2. The first-order valence-corrected chi connectivity index (χ1v) is 11.0. The van der Waals surface area contributed by atoms with Gasteiger partial charge in [0.25, 0.3) is 0 Å². The van der Waals surface area contributed by atoms with E-state index in [9.17, 15) is 9.59 Å². The lowest BCUT2D eigenvalue weighted by molar-refractivity contribution is -0.146. The molecule has 30 heavy (non-hydrogen) atoms. The summed E-state index contributed by atoms with van der Waals surface area (Å²) >= 11 is 6.62. The minimum Gasteiger partial charge on any atom is -0.465 e. The molecule has 0 saturated heterocycles. The fraction of sp³-hybridized carbons (Fsp3) is 0.522. The monoisotopic (exact) mass is 431 g/mol. The van der Waals surface area contributed by atoms with E-state index in [4.69, 9.17) is 25.8 Å². The van der Waals surface area contributed by atoms with Gasteiger partial charge in [-0.3, -0.25) is 14.6 Å². The first-order chi connectivity index (χ1) is 14.5. The van der Waals surface area contributed by atoms with Crippen LogP contribution in [0, 0.1) is 5.92 Å². The summed E-state index contributed by atoms with van der Waals surface area (Å²) in [4.78, 5) is 30.8. The lowest BCUT2D eigenvalue weighted by Gasteiger charge is -2.34. The molecule has 0 bridgehead atoms. The standard InChI is InChI=1S/C23H26ClNO5/c1-3-4-5-9-28-23(27)20-13(2)25-16-7-6-8-17(26)22(16)21(20)14-10-18-19(11-15(14)24)30-12-29-18/h10-11,20-21H,3-9,12H2,1-2H3/t20?,21-/m0/s1. The highest BCUT2D eigenvalue weighted by Crippen LogP contribution is 2.48. The predicted octanol–water partition coefficient (Wildman–Crippen LogP) is 4.98. The SMILES string of the molecule is CCCCCOC(=O)C1C(C)=NC2=C(C(=O)CCC2)[C@H]1c1cc2c(cc1Cl)OCO2. The fourth-order valence-electron chi connectivity index (χ4n) is 4.43. The quantitative estimate of drug-likeness (QED) is 0.469. The van der Waals surface area contributed by atoms with Crippen molar-refractivity contribution in [3.05, 3.63) is 34.0 Å². The van der Waals surface area contributed by atoms with Crippen LogP contribution >= 0.6 is 11.6 Å². The van der Waals surface area contributed by atoms with Crippen LogP contribution in [-0.2, 0) is 14.3 Å². The van der Waals surface area contributed by atoms with Crippen molar-refractivity contribution >= 4 is 29.1 Å². The van der Waals surface area contributed by atoms with Gasteiger partial charge < -0.3 is 14.2 Å². The summed E-state index contributed by atoms with van der Waals surface area (Å²) in [6, 6.07) is 3.48. The number of benzene rings is 1. The zero-order chi connectivity index (χ0) is 21.3. The second-order valence-electron chi connectivity index (χ2n) is 7.95. The summed E-state index contributed by atoms with van der Waals surface area (Å²) in [6.07, 6.45) is 4.78. The van der Waals surface area contributed by atoms with Gasteiger partial charge in [0.05, 0.1) is 6.61 Å². The van der Waals surface area contributed by atoms with E-state index >= 15 is 0 Å². The smallest absolute Gasteiger partial charge is 0.315 e. The normalized spacial score (nSPS) is 22.6. The van der Waals surface area contributed by atoms with E-state index in [-0.39, 0.29) is 18.5 Å². The number of esters is 1. The molecule has 2 heterocycles. The Morgan fingerprint density at radius 1 is 1.23 bits per heavy atom. The lowest BCUT2D eigenvalue weighted by Crippen LogP contribution is -2.37. The van der Waals surface area contributed by atoms with Crippen LogP contribution in [0.15, 0.2) is 28.4 Å². The number of rotatable bonds is 6. The molecule has 0 saturated carbocycles. The zero-order valence-corrected chi connectivity index (χ0v) is 18.1. The van der Waals surface area contributed by atoms with Gasteiger partial charge >= 0.3 is 5.97 Å². The van der Waals surface area contributed by atoms with E-state index in [0.29, 0.717) is 46.4 Å². The number of hydrogen-bond donors (Lipinski definition) is 0. The molecule has 2 aliphatic heterocycles. The van der Waals surface area contributed by atoms with Crippen LogP contribution in [0.2, 0.25) is 5.02 Å². The molecule has 1 aromatic carbocycles. The Morgan fingerprint density at radius 3 is 2.77 bits per heavy atom. The third-order valence-electron chi connectivity index (χ3n) is 5.91. The topological polar surface area (TPSA) is 74.2 Å². The fourth-order valence-corrected chi connectivity index (χ4v) is 4.70. The van der Waals surface area contributed by atoms with Crippen LogP contribution < -0.4 is 9.47 Å². The van der Waals surface area contributed by atoms with E-state index in [1.54, 1.807) is 12.1 Å². The Bertz CT molecular complexity index is 936. The van der Waals surface area contributed by atoms with Crippen molar-refractivity contribution < 1.29 is 23.8 Å². The lowest BCUT2D eigenvalue weighted by atomic mass is 9.71. The van der Waals surface area contributed by atoms with E-state index < -0.39 is 11.8 Å². The van der Waals surface area contributed by atoms with Crippen molar-refractivity contribution in [1.82, 2.24) is 0 Å². The number of nitrogens with zero attached hydrogens (tertiary/aromatic N) is 1. The zero-order valence-electron chi connectivity index (χ0n) is 17.3. The molecule has 0 radical (unpaired) electrons. The number of fused-ring (bicyclic) bond motifs is 1. The maximum Gasteiger partial charge on any atom is 0.315 e. The molecule has 7 heteroatoms. The van der Waals surface area contributed by atoms with Crippen molar-refractivity contribution in [1.29, 1.82) is 0 Å².